The number of carbonyl (C=O) groups is 5. The van der Waals surface area contributed by atoms with Gasteiger partial charge in [-0.1, -0.05) is 78.3 Å². The lowest BCUT2D eigenvalue weighted by molar-refractivity contribution is -0.150. The summed E-state index contributed by atoms with van der Waals surface area (Å²) >= 11 is 0. The summed E-state index contributed by atoms with van der Waals surface area (Å²) in [6.45, 7) is 13.5. The van der Waals surface area contributed by atoms with Crippen molar-refractivity contribution in [1.82, 2.24) is 15.1 Å². The number of carbonyl (C=O) groups excluding carboxylic acids is 4. The zero-order valence-electron chi connectivity index (χ0n) is 34.7. The number of nitrogens with one attached hydrogen (secondary N) is 1. The lowest BCUT2D eigenvalue weighted by Crippen LogP contribution is -2.56. The molecule has 0 aliphatic carbocycles. The molecule has 2 rings (SSSR count). The maximum Gasteiger partial charge on any atom is 0.307 e. The number of hydrogen-bond donors (Lipinski definition) is 3. The van der Waals surface area contributed by atoms with Crippen molar-refractivity contribution in [2.75, 3.05) is 41.5 Å². The van der Waals surface area contributed by atoms with E-state index >= 15 is 0 Å². The Hall–Kier alpha value is -3.19. The Morgan fingerprint density at radius 2 is 1.61 bits per heavy atom. The third-order valence-corrected chi connectivity index (χ3v) is 12.4. The molecule has 54 heavy (non-hydrogen) atoms. The molecular formula is C42H69N3O9. The highest BCUT2D eigenvalue weighted by molar-refractivity contribution is 5.93. The Labute approximate surface area is 323 Å². The number of Topliss-reactive ketones (excluding diaryl/α,β-unsaturated/α-hetero) is 2. The number of aliphatic carboxylic acids is 1. The maximum absolute atomic E-state index is 14.3. The second-order valence-electron chi connectivity index (χ2n) is 16.0. The first-order valence-electron chi connectivity index (χ1n) is 19.7. The van der Waals surface area contributed by atoms with Crippen LogP contribution in [0.5, 0.6) is 0 Å². The summed E-state index contributed by atoms with van der Waals surface area (Å²) in [5.74, 6) is -4.77. The van der Waals surface area contributed by atoms with Crippen LogP contribution in [-0.2, 0) is 39.9 Å². The van der Waals surface area contributed by atoms with Gasteiger partial charge in [-0.25, -0.2) is 0 Å². The van der Waals surface area contributed by atoms with Gasteiger partial charge >= 0.3 is 5.97 Å². The number of nitrogens with zero attached hydrogens (tertiary/aromatic N) is 2. The van der Waals surface area contributed by atoms with Crippen LogP contribution in [0.2, 0.25) is 0 Å². The predicted molar refractivity (Wildman–Crippen MR) is 209 cm³/mol. The number of benzene rings is 1. The monoisotopic (exact) mass is 760 g/mol. The molecule has 1 aromatic rings. The summed E-state index contributed by atoms with van der Waals surface area (Å²) in [5, 5.41) is 23.2. The molecule has 1 aliphatic rings. The minimum absolute atomic E-state index is 0.0269. The summed E-state index contributed by atoms with van der Waals surface area (Å²) in [6.07, 6.45) is 0.710. The summed E-state index contributed by atoms with van der Waals surface area (Å²) in [7, 11) is 6.46. The average Bonchev–Trinajstić information content (AvgIpc) is 3.65. The molecule has 0 bridgehead atoms. The third-order valence-electron chi connectivity index (χ3n) is 12.4. The zero-order valence-corrected chi connectivity index (χ0v) is 34.7. The summed E-state index contributed by atoms with van der Waals surface area (Å²) < 4.78 is 11.9. The van der Waals surface area contributed by atoms with Crippen molar-refractivity contribution >= 4 is 29.4 Å². The SMILES string of the molecule is CC[C@H](C)[C@@H]([C@@H](CC(=O)N1CCC[C@H]1[C@H](OC)[C@@H](C)C(=O)C[C@@H](Cc1ccccc1)C(=O)O)OC)N(C)C(=O)[C@@H](CC(=O)C(C)(NC)C(C)C)C(C)CO. The zero-order chi connectivity index (χ0) is 40.9. The number of likely N-dealkylation sites (N-methyl/N-ethyl adjacent to an activating group) is 2. The van der Waals surface area contributed by atoms with Gasteiger partial charge in [0, 0.05) is 59.1 Å². The van der Waals surface area contributed by atoms with Crippen molar-refractivity contribution in [3.63, 3.8) is 0 Å². The molecule has 1 aliphatic heterocycles. The summed E-state index contributed by atoms with van der Waals surface area (Å²) in [6, 6.07) is 8.31. The summed E-state index contributed by atoms with van der Waals surface area (Å²) in [5.41, 5.74) is -0.00916. The van der Waals surface area contributed by atoms with Crippen LogP contribution in [0.1, 0.15) is 92.6 Å². The number of ketones is 2. The maximum atomic E-state index is 14.3. The Bertz CT molecular complexity index is 1370. The molecule has 0 spiro atoms. The first-order chi connectivity index (χ1) is 25.4. The number of methoxy groups -OCH3 is 2. The molecule has 0 saturated carbocycles. The number of aliphatic hydroxyl groups is 1. The van der Waals surface area contributed by atoms with E-state index in [9.17, 15) is 34.2 Å². The molecule has 0 radical (unpaired) electrons. The van der Waals surface area contributed by atoms with Crippen LogP contribution in [-0.4, -0.2) is 121 Å². The molecule has 12 nitrogen and oxygen atoms in total. The predicted octanol–water partition coefficient (Wildman–Crippen LogP) is 4.65. The average molecular weight is 760 g/mol. The van der Waals surface area contributed by atoms with Gasteiger partial charge in [0.05, 0.1) is 42.2 Å². The molecule has 1 fully saturated rings. The van der Waals surface area contributed by atoms with Crippen LogP contribution >= 0.6 is 0 Å². The fourth-order valence-corrected chi connectivity index (χ4v) is 8.00. The second-order valence-corrected chi connectivity index (χ2v) is 16.0. The Kier molecular flexibility index (Phi) is 18.9. The lowest BCUT2D eigenvalue weighted by atomic mass is 9.77. The number of amides is 2. The normalized spacial score (nSPS) is 20.2. The van der Waals surface area contributed by atoms with Gasteiger partial charge < -0.3 is 34.8 Å². The van der Waals surface area contributed by atoms with E-state index in [-0.39, 0.29) is 67.5 Å². The van der Waals surface area contributed by atoms with Crippen molar-refractivity contribution in [3.8, 4) is 0 Å². The molecule has 1 saturated heterocycles. The van der Waals surface area contributed by atoms with Crippen molar-refractivity contribution in [3.05, 3.63) is 35.9 Å². The quantitative estimate of drug-likeness (QED) is 0.135. The second kappa shape index (κ2) is 21.8. The van der Waals surface area contributed by atoms with Crippen LogP contribution in [0.15, 0.2) is 30.3 Å². The van der Waals surface area contributed by atoms with E-state index in [1.807, 2.05) is 65.0 Å². The molecule has 12 heteroatoms. The van der Waals surface area contributed by atoms with E-state index in [0.717, 1.165) is 5.56 Å². The van der Waals surface area contributed by atoms with Gasteiger partial charge in [0.1, 0.15) is 5.78 Å². The van der Waals surface area contributed by atoms with Gasteiger partial charge in [-0.3, -0.25) is 24.0 Å². The molecule has 1 aromatic carbocycles. The highest BCUT2D eigenvalue weighted by atomic mass is 16.5. The van der Waals surface area contributed by atoms with Gasteiger partial charge in [-0.15, -0.1) is 0 Å². The van der Waals surface area contributed by atoms with Crippen molar-refractivity contribution in [1.29, 1.82) is 0 Å². The minimum atomic E-state index is -1.04. The Morgan fingerprint density at radius 3 is 2.11 bits per heavy atom. The van der Waals surface area contributed by atoms with Crippen molar-refractivity contribution in [2.24, 2.45) is 35.5 Å². The van der Waals surface area contributed by atoms with Gasteiger partial charge in [0.2, 0.25) is 11.8 Å². The third kappa shape index (κ3) is 11.7. The molecule has 1 heterocycles. The van der Waals surface area contributed by atoms with Gasteiger partial charge in [0.15, 0.2) is 5.78 Å². The highest BCUT2D eigenvalue weighted by Gasteiger charge is 2.44. The summed E-state index contributed by atoms with van der Waals surface area (Å²) in [4.78, 5) is 71.3. The molecule has 10 atom stereocenters. The number of carboxylic acids is 1. The van der Waals surface area contributed by atoms with E-state index in [1.165, 1.54) is 14.2 Å². The lowest BCUT2D eigenvalue weighted by Gasteiger charge is -2.41. The highest BCUT2D eigenvalue weighted by Crippen LogP contribution is 2.32. The smallest absolute Gasteiger partial charge is 0.307 e. The molecule has 2 unspecified atom stereocenters. The van der Waals surface area contributed by atoms with E-state index in [2.05, 4.69) is 5.32 Å². The van der Waals surface area contributed by atoms with Crippen LogP contribution in [0.25, 0.3) is 0 Å². The van der Waals surface area contributed by atoms with Crippen LogP contribution in [0.3, 0.4) is 0 Å². The molecule has 2 amide bonds. The van der Waals surface area contributed by atoms with Gasteiger partial charge in [0.25, 0.3) is 0 Å². The fraction of sp³-hybridized carbons (Fsp3) is 0.738. The number of hydrogen-bond acceptors (Lipinski definition) is 9. The van der Waals surface area contributed by atoms with Crippen LogP contribution in [0.4, 0.5) is 0 Å². The van der Waals surface area contributed by atoms with E-state index in [0.29, 0.717) is 25.8 Å². The number of carboxylic acid groups (broad SMARTS) is 1. The van der Waals surface area contributed by atoms with Crippen molar-refractivity contribution in [2.45, 2.75) is 123 Å². The molecule has 0 aromatic heterocycles. The van der Waals surface area contributed by atoms with Crippen LogP contribution in [0, 0.1) is 35.5 Å². The number of ether oxygens (including phenoxy) is 2. The fourth-order valence-electron chi connectivity index (χ4n) is 8.00. The van der Waals surface area contributed by atoms with E-state index in [4.69, 9.17) is 9.47 Å². The minimum Gasteiger partial charge on any atom is -0.481 e. The van der Waals surface area contributed by atoms with Gasteiger partial charge in [-0.2, -0.15) is 0 Å². The Balaban J connectivity index is 2.31. The molecule has 3 N–H and O–H groups in total. The first-order valence-corrected chi connectivity index (χ1v) is 19.7. The van der Waals surface area contributed by atoms with Crippen molar-refractivity contribution < 1.29 is 43.7 Å². The number of likely N-dealkylation sites (tertiary alicyclic amines) is 1. The van der Waals surface area contributed by atoms with Crippen LogP contribution < -0.4 is 5.32 Å². The largest absolute Gasteiger partial charge is 0.481 e. The molecule has 306 valence electrons. The number of aliphatic hydroxyl groups excluding tert-OH is 1. The van der Waals surface area contributed by atoms with E-state index in [1.54, 1.807) is 37.7 Å². The van der Waals surface area contributed by atoms with E-state index < -0.39 is 59.5 Å². The molecular weight excluding hydrogens is 690 g/mol. The number of rotatable bonds is 24. The topological polar surface area (TPSA) is 163 Å². The Morgan fingerprint density at radius 1 is 0.981 bits per heavy atom. The first kappa shape index (κ1) is 47.0. The standard InChI is InChI=1S/C42H69N3O9/c1-12-27(4)38(44(9)40(50)32(28(5)25-46)23-36(48)42(7,43-8)26(2)3)35(53-10)24-37(49)45-20-16-19-33(45)39(54-11)29(6)34(47)22-31(41(51)52)21-30-17-14-13-15-18-30/h13-15,17-18,26-29,31-33,35,38-39,43,46H,12,16,19-25H2,1-11H3,(H,51,52)/t27-,28?,29-,31+,32-,33-,35+,38-,39+,42?/m0/s1. The van der Waals surface area contributed by atoms with Gasteiger partial charge in [-0.05, 0) is 56.6 Å².